The van der Waals surface area contributed by atoms with Crippen molar-refractivity contribution in [2.24, 2.45) is 0 Å². The summed E-state index contributed by atoms with van der Waals surface area (Å²) in [6, 6.07) is 15.1. The third kappa shape index (κ3) is 5.45. The fourth-order valence-corrected chi connectivity index (χ4v) is 6.60. The van der Waals surface area contributed by atoms with Gasteiger partial charge in [0.1, 0.15) is 11.6 Å². The lowest BCUT2D eigenvalue weighted by molar-refractivity contribution is -0.134. The Labute approximate surface area is 237 Å². The van der Waals surface area contributed by atoms with E-state index < -0.39 is 12.6 Å². The van der Waals surface area contributed by atoms with E-state index in [1.165, 1.54) is 23.2 Å². The van der Waals surface area contributed by atoms with Crippen LogP contribution in [0, 0.1) is 0 Å². The van der Waals surface area contributed by atoms with Gasteiger partial charge >= 0.3 is 6.18 Å². The van der Waals surface area contributed by atoms with E-state index in [0.717, 1.165) is 85.6 Å². The molecule has 4 aromatic rings. The van der Waals surface area contributed by atoms with E-state index in [4.69, 9.17) is 9.97 Å². The summed E-state index contributed by atoms with van der Waals surface area (Å²) in [7, 11) is 0. The maximum atomic E-state index is 13.1. The van der Waals surface area contributed by atoms with Crippen LogP contribution in [-0.4, -0.2) is 39.2 Å². The van der Waals surface area contributed by atoms with Crippen molar-refractivity contribution in [1.82, 2.24) is 30.6 Å². The quantitative estimate of drug-likeness (QED) is 0.205. The number of rotatable bonds is 6. The normalized spacial score (nSPS) is 20.7. The van der Waals surface area contributed by atoms with Crippen molar-refractivity contribution < 1.29 is 13.2 Å². The molecule has 214 valence electrons. The van der Waals surface area contributed by atoms with E-state index in [1.807, 2.05) is 24.3 Å². The van der Waals surface area contributed by atoms with Gasteiger partial charge in [-0.05, 0) is 81.1 Å². The minimum Gasteiger partial charge on any atom is -0.344 e. The van der Waals surface area contributed by atoms with Crippen molar-refractivity contribution in [3.63, 3.8) is 0 Å². The summed E-state index contributed by atoms with van der Waals surface area (Å²) in [6.07, 6.45) is 2.13. The topological polar surface area (TPSA) is 81.4 Å². The Balaban J connectivity index is 1.16. The number of fused-ring (bicyclic) bond motifs is 3. The molecule has 0 saturated carbocycles. The van der Waals surface area contributed by atoms with E-state index in [-0.39, 0.29) is 12.5 Å². The minimum atomic E-state index is -4.21. The highest BCUT2D eigenvalue weighted by Gasteiger charge is 2.29. The Morgan fingerprint density at radius 3 is 2.07 bits per heavy atom. The van der Waals surface area contributed by atoms with E-state index in [1.54, 1.807) is 0 Å². The second-order valence-electron chi connectivity index (χ2n) is 11.6. The van der Waals surface area contributed by atoms with Gasteiger partial charge in [0.2, 0.25) is 0 Å². The van der Waals surface area contributed by atoms with Gasteiger partial charge in [0.05, 0.1) is 23.5 Å². The Bertz CT molecular complexity index is 1520. The number of aryl methyl sites for hydroxylation is 3. The van der Waals surface area contributed by atoms with Crippen LogP contribution in [0.15, 0.2) is 42.5 Å². The smallest absolute Gasteiger partial charge is 0.344 e. The van der Waals surface area contributed by atoms with Crippen molar-refractivity contribution in [1.29, 1.82) is 0 Å². The molecule has 3 aliphatic rings. The zero-order chi connectivity index (χ0) is 28.0. The van der Waals surface area contributed by atoms with Crippen molar-refractivity contribution in [2.45, 2.75) is 76.0 Å². The van der Waals surface area contributed by atoms with Crippen LogP contribution in [0.2, 0.25) is 0 Å². The van der Waals surface area contributed by atoms with Gasteiger partial charge in [-0.1, -0.05) is 42.5 Å². The molecule has 0 radical (unpaired) electrons. The van der Waals surface area contributed by atoms with Gasteiger partial charge in [-0.15, -0.1) is 0 Å². The predicted octanol–water partition coefficient (Wildman–Crippen LogP) is 6.97. The summed E-state index contributed by atoms with van der Waals surface area (Å²) >= 11 is 0. The summed E-state index contributed by atoms with van der Waals surface area (Å²) in [6.45, 7) is 1.94. The van der Waals surface area contributed by atoms with Gasteiger partial charge in [0.25, 0.3) is 0 Å². The number of H-pyrrole nitrogens is 2. The first-order valence-electron chi connectivity index (χ1n) is 14.9. The average molecular weight is 561 g/mol. The number of imidazole rings is 2. The lowest BCUT2D eigenvalue weighted by Gasteiger charge is -2.11. The van der Waals surface area contributed by atoms with Crippen molar-refractivity contribution >= 4 is 0 Å². The molecule has 0 bridgehead atoms. The lowest BCUT2D eigenvalue weighted by atomic mass is 9.95. The minimum absolute atomic E-state index is 0.0628. The molecule has 2 saturated heterocycles. The molecule has 0 spiro atoms. The first-order chi connectivity index (χ1) is 19.9. The van der Waals surface area contributed by atoms with Crippen LogP contribution < -0.4 is 10.6 Å². The zero-order valence-electron chi connectivity index (χ0n) is 23.0. The maximum Gasteiger partial charge on any atom is 0.389 e. The Morgan fingerprint density at radius 1 is 0.732 bits per heavy atom. The van der Waals surface area contributed by atoms with Crippen LogP contribution in [0.25, 0.3) is 33.6 Å². The molecule has 2 aromatic carbocycles. The fourth-order valence-electron chi connectivity index (χ4n) is 6.60. The summed E-state index contributed by atoms with van der Waals surface area (Å²) in [5, 5.41) is 6.94. The monoisotopic (exact) mass is 560 g/mol. The molecule has 2 atom stereocenters. The Kier molecular flexibility index (Phi) is 6.95. The van der Waals surface area contributed by atoms with Gasteiger partial charge in [-0.25, -0.2) is 9.97 Å². The van der Waals surface area contributed by atoms with Crippen molar-refractivity contribution in [2.75, 3.05) is 13.1 Å². The summed E-state index contributed by atoms with van der Waals surface area (Å²) in [4.78, 5) is 16.7. The van der Waals surface area contributed by atoms with E-state index in [0.29, 0.717) is 17.4 Å². The third-order valence-electron chi connectivity index (χ3n) is 8.76. The largest absolute Gasteiger partial charge is 0.389 e. The second-order valence-corrected chi connectivity index (χ2v) is 11.6. The van der Waals surface area contributed by atoms with Crippen molar-refractivity contribution in [3.8, 4) is 33.6 Å². The first kappa shape index (κ1) is 26.5. The van der Waals surface area contributed by atoms with Crippen LogP contribution in [-0.2, 0) is 19.3 Å². The van der Waals surface area contributed by atoms with E-state index in [2.05, 4.69) is 38.8 Å². The number of hydrogen-bond donors (Lipinski definition) is 4. The van der Waals surface area contributed by atoms with Gasteiger partial charge in [0.15, 0.2) is 0 Å². The van der Waals surface area contributed by atoms with E-state index in [9.17, 15) is 13.2 Å². The standard InChI is InChI=1S/C32H35F3N6/c33-32(34,35)15-14-25-28(40-30(39-25)26-6-2-16-36-26)20-10-8-19(9-11-20)21-12-13-23-22(18-21)4-1-5-24-29(23)41-31(38-24)27-7-3-17-37-27/h8-13,18,26-27,36-37H,1-7,14-17H2,(H,38,41)(H,39,40). The zero-order valence-corrected chi connectivity index (χ0v) is 23.0. The summed E-state index contributed by atoms with van der Waals surface area (Å²) < 4.78 is 39.2. The molecular formula is C32H35F3N6. The van der Waals surface area contributed by atoms with Crippen LogP contribution in [0.3, 0.4) is 0 Å². The maximum absolute atomic E-state index is 13.1. The van der Waals surface area contributed by atoms with Crippen LogP contribution >= 0.6 is 0 Å². The van der Waals surface area contributed by atoms with Gasteiger partial charge in [0, 0.05) is 28.9 Å². The number of aromatic amines is 2. The summed E-state index contributed by atoms with van der Waals surface area (Å²) in [5.41, 5.74) is 9.02. The fraction of sp³-hybridized carbons (Fsp3) is 0.438. The molecule has 4 N–H and O–H groups in total. The molecule has 6 nitrogen and oxygen atoms in total. The Morgan fingerprint density at radius 2 is 1.39 bits per heavy atom. The number of nitrogens with zero attached hydrogens (tertiary/aromatic N) is 2. The average Bonchev–Trinajstić information content (AvgIpc) is 3.77. The number of nitrogens with one attached hydrogen (secondary N) is 4. The number of hydrogen-bond acceptors (Lipinski definition) is 4. The number of benzene rings is 2. The van der Waals surface area contributed by atoms with Crippen LogP contribution in [0.1, 0.15) is 79.2 Å². The number of halogens is 3. The van der Waals surface area contributed by atoms with Gasteiger partial charge in [-0.3, -0.25) is 0 Å². The molecule has 2 unspecified atom stereocenters. The van der Waals surface area contributed by atoms with Gasteiger partial charge in [-0.2, -0.15) is 13.2 Å². The molecule has 7 rings (SSSR count). The summed E-state index contributed by atoms with van der Waals surface area (Å²) in [5.74, 6) is 1.79. The van der Waals surface area contributed by atoms with Gasteiger partial charge < -0.3 is 20.6 Å². The molecular weight excluding hydrogens is 525 g/mol. The molecule has 2 aromatic heterocycles. The molecule has 2 aliphatic heterocycles. The Hall–Kier alpha value is -3.43. The second kappa shape index (κ2) is 10.8. The van der Waals surface area contributed by atoms with Crippen molar-refractivity contribution in [3.05, 3.63) is 71.1 Å². The SMILES string of the molecule is FC(F)(F)CCc1[nH]c(C2CCCN2)nc1-c1ccc(-c2ccc3c(c2)CCCc2[nH]c(C4CCCN4)nc2-3)cc1. The van der Waals surface area contributed by atoms with E-state index >= 15 is 0 Å². The molecule has 1 aliphatic carbocycles. The lowest BCUT2D eigenvalue weighted by Crippen LogP contribution is -2.14. The molecule has 2 fully saturated rings. The highest BCUT2D eigenvalue weighted by atomic mass is 19.4. The molecule has 9 heteroatoms. The third-order valence-corrected chi connectivity index (χ3v) is 8.76. The molecule has 41 heavy (non-hydrogen) atoms. The molecule has 4 heterocycles. The van der Waals surface area contributed by atoms with Crippen LogP contribution in [0.4, 0.5) is 13.2 Å². The highest BCUT2D eigenvalue weighted by Crippen LogP contribution is 2.37. The highest BCUT2D eigenvalue weighted by molar-refractivity contribution is 5.75. The predicted molar refractivity (Wildman–Crippen MR) is 153 cm³/mol. The molecule has 0 amide bonds. The first-order valence-corrected chi connectivity index (χ1v) is 14.9. The number of alkyl halides is 3. The number of aromatic nitrogens is 4. The van der Waals surface area contributed by atoms with Crippen LogP contribution in [0.5, 0.6) is 0 Å².